The molecule has 128 valence electrons. The molecule has 2 aromatic carbocycles. The number of rotatable bonds is 2. The largest absolute Gasteiger partial charge is 0.494 e. The van der Waals surface area contributed by atoms with Gasteiger partial charge in [0.2, 0.25) is 0 Å². The summed E-state index contributed by atoms with van der Waals surface area (Å²) in [4.78, 5) is 28.0. The van der Waals surface area contributed by atoms with Crippen LogP contribution in [0.2, 0.25) is 0 Å². The van der Waals surface area contributed by atoms with Crippen LogP contribution in [0.1, 0.15) is 46.6 Å². The Balaban J connectivity index is 2.11. The van der Waals surface area contributed by atoms with Crippen LogP contribution in [-0.4, -0.2) is 17.9 Å². The van der Waals surface area contributed by atoms with Crippen molar-refractivity contribution in [3.63, 3.8) is 0 Å². The molecular formula is C20H15N3O3. The Kier molecular flexibility index (Phi) is 3.25. The molecule has 26 heavy (non-hydrogen) atoms. The molecule has 1 aliphatic rings. The number of benzene rings is 2. The fourth-order valence-corrected chi connectivity index (χ4v) is 3.88. The van der Waals surface area contributed by atoms with Gasteiger partial charge >= 0.3 is 0 Å². The first kappa shape index (κ1) is 16.0. The third kappa shape index (κ3) is 1.88. The second kappa shape index (κ2) is 5.27. The molecule has 1 aliphatic carbocycles. The van der Waals surface area contributed by atoms with Gasteiger partial charge in [0.05, 0.1) is 24.3 Å². The van der Waals surface area contributed by atoms with Gasteiger partial charge in [-0.1, -0.05) is 19.9 Å². The van der Waals surface area contributed by atoms with E-state index in [9.17, 15) is 9.70 Å². The number of nitrogens with zero attached hydrogens (tertiary/aromatic N) is 2. The van der Waals surface area contributed by atoms with E-state index >= 15 is 0 Å². The van der Waals surface area contributed by atoms with Gasteiger partial charge in [0.1, 0.15) is 5.75 Å². The van der Waals surface area contributed by atoms with Crippen LogP contribution in [0.3, 0.4) is 0 Å². The van der Waals surface area contributed by atoms with Gasteiger partial charge in [-0.15, -0.1) is 4.91 Å². The molecule has 0 bridgehead atoms. The van der Waals surface area contributed by atoms with E-state index in [4.69, 9.17) is 10.00 Å². The van der Waals surface area contributed by atoms with Gasteiger partial charge in [-0.2, -0.15) is 5.26 Å². The first-order chi connectivity index (χ1) is 12.4. The maximum Gasteiger partial charge on any atom is 0.195 e. The number of nitriles is 1. The van der Waals surface area contributed by atoms with Crippen molar-refractivity contribution in [1.82, 2.24) is 4.98 Å². The number of carbonyl (C=O) groups excluding carboxylic acids is 1. The molecule has 6 heteroatoms. The molecule has 1 heterocycles. The lowest BCUT2D eigenvalue weighted by atomic mass is 9.70. The van der Waals surface area contributed by atoms with Gasteiger partial charge in [0, 0.05) is 33.1 Å². The molecule has 0 unspecified atom stereocenters. The monoisotopic (exact) mass is 345 g/mol. The van der Waals surface area contributed by atoms with Crippen LogP contribution in [0, 0.1) is 16.2 Å². The lowest BCUT2D eigenvalue weighted by molar-refractivity contribution is 0.103. The second-order valence-corrected chi connectivity index (χ2v) is 6.83. The predicted octanol–water partition coefficient (Wildman–Crippen LogP) is 4.32. The van der Waals surface area contributed by atoms with Crippen LogP contribution >= 0.6 is 0 Å². The molecular weight excluding hydrogens is 330 g/mol. The maximum atomic E-state index is 13.2. The summed E-state index contributed by atoms with van der Waals surface area (Å²) in [6.45, 7) is 3.87. The van der Waals surface area contributed by atoms with Crippen molar-refractivity contribution in [2.24, 2.45) is 5.18 Å². The van der Waals surface area contributed by atoms with Crippen LogP contribution < -0.4 is 4.74 Å². The molecule has 0 amide bonds. The Hall–Kier alpha value is -3.46. The van der Waals surface area contributed by atoms with Gasteiger partial charge in [0.15, 0.2) is 11.5 Å². The van der Waals surface area contributed by atoms with Gasteiger partial charge < -0.3 is 9.72 Å². The Bertz CT molecular complexity index is 1150. The van der Waals surface area contributed by atoms with E-state index in [-0.39, 0.29) is 11.5 Å². The molecule has 0 aliphatic heterocycles. The Morgan fingerprint density at radius 2 is 2.00 bits per heavy atom. The van der Waals surface area contributed by atoms with Gasteiger partial charge in [-0.05, 0) is 29.4 Å². The molecule has 1 N–H and O–H groups in total. The number of ketones is 1. The number of H-pyrrole nitrogens is 1. The number of carbonyl (C=O) groups is 1. The van der Waals surface area contributed by atoms with Gasteiger partial charge in [0.25, 0.3) is 0 Å². The van der Waals surface area contributed by atoms with Crippen molar-refractivity contribution < 1.29 is 9.53 Å². The molecule has 4 rings (SSSR count). The zero-order valence-corrected chi connectivity index (χ0v) is 14.5. The highest BCUT2D eigenvalue weighted by molar-refractivity contribution is 6.20. The number of fused-ring (bicyclic) bond motifs is 4. The third-order valence-corrected chi connectivity index (χ3v) is 5.10. The van der Waals surface area contributed by atoms with Crippen molar-refractivity contribution in [3.05, 3.63) is 63.2 Å². The number of nitrogens with one attached hydrogen (secondary N) is 1. The van der Waals surface area contributed by atoms with Crippen molar-refractivity contribution in [2.75, 3.05) is 7.11 Å². The van der Waals surface area contributed by atoms with E-state index in [1.807, 2.05) is 13.8 Å². The summed E-state index contributed by atoms with van der Waals surface area (Å²) in [7, 11) is 1.46. The van der Waals surface area contributed by atoms with E-state index in [2.05, 4.69) is 16.2 Å². The van der Waals surface area contributed by atoms with E-state index in [1.165, 1.54) is 7.11 Å². The maximum absolute atomic E-state index is 13.2. The quantitative estimate of drug-likeness (QED) is 0.700. The van der Waals surface area contributed by atoms with Crippen molar-refractivity contribution >= 4 is 22.4 Å². The molecule has 0 radical (unpaired) electrons. The average molecular weight is 345 g/mol. The zero-order chi connectivity index (χ0) is 18.6. The van der Waals surface area contributed by atoms with E-state index in [1.54, 1.807) is 30.3 Å². The summed E-state index contributed by atoms with van der Waals surface area (Å²) < 4.78 is 5.26. The lowest BCUT2D eigenvalue weighted by Gasteiger charge is -2.33. The van der Waals surface area contributed by atoms with E-state index in [0.717, 1.165) is 10.9 Å². The number of nitroso groups, excluding NO2 is 1. The standard InChI is InChI=1S/C20H15N3O3/c1-20(2)16-12(6-7-14(26-3)17(16)23-25)18(24)15-11-5-4-10(9-21)8-13(11)22-19(15)20/h4-8,22H,1-3H3. The summed E-state index contributed by atoms with van der Waals surface area (Å²) in [5.41, 5.74) is 2.99. The summed E-state index contributed by atoms with van der Waals surface area (Å²) in [6.07, 6.45) is 0. The van der Waals surface area contributed by atoms with Crippen molar-refractivity contribution in [3.8, 4) is 11.8 Å². The van der Waals surface area contributed by atoms with Gasteiger partial charge in [-0.3, -0.25) is 4.79 Å². The topological polar surface area (TPSA) is 95.3 Å². The minimum atomic E-state index is -0.664. The molecule has 0 saturated carbocycles. The van der Waals surface area contributed by atoms with Crippen LogP contribution in [0.25, 0.3) is 10.9 Å². The molecule has 0 saturated heterocycles. The summed E-state index contributed by atoms with van der Waals surface area (Å²) in [5.74, 6) is 0.170. The first-order valence-electron chi connectivity index (χ1n) is 8.10. The fourth-order valence-electron chi connectivity index (χ4n) is 3.88. The van der Waals surface area contributed by atoms with E-state index < -0.39 is 5.41 Å². The number of methoxy groups -OCH3 is 1. The van der Waals surface area contributed by atoms with Crippen LogP contribution in [0.4, 0.5) is 5.69 Å². The highest BCUT2D eigenvalue weighted by Crippen LogP contribution is 2.49. The highest BCUT2D eigenvalue weighted by atomic mass is 16.5. The Morgan fingerprint density at radius 1 is 1.23 bits per heavy atom. The van der Waals surface area contributed by atoms with Crippen molar-refractivity contribution in [2.45, 2.75) is 19.3 Å². The van der Waals surface area contributed by atoms with Crippen LogP contribution in [0.5, 0.6) is 5.75 Å². The summed E-state index contributed by atoms with van der Waals surface area (Å²) in [5, 5.41) is 13.0. The van der Waals surface area contributed by atoms with E-state index in [0.29, 0.717) is 33.7 Å². The average Bonchev–Trinajstić information content (AvgIpc) is 3.04. The Labute approximate surface area is 149 Å². The molecule has 0 atom stereocenters. The number of hydrogen-bond acceptors (Lipinski definition) is 5. The molecule has 1 aromatic heterocycles. The normalized spacial score (nSPS) is 14.5. The summed E-state index contributed by atoms with van der Waals surface area (Å²) in [6, 6.07) is 10.6. The smallest absolute Gasteiger partial charge is 0.195 e. The second-order valence-electron chi connectivity index (χ2n) is 6.83. The van der Waals surface area contributed by atoms with Crippen LogP contribution in [-0.2, 0) is 5.41 Å². The van der Waals surface area contributed by atoms with Crippen LogP contribution in [0.15, 0.2) is 35.5 Å². The number of hydrogen-bond donors (Lipinski definition) is 1. The minimum absolute atomic E-state index is 0.144. The molecule has 0 fully saturated rings. The van der Waals surface area contributed by atoms with Crippen molar-refractivity contribution in [1.29, 1.82) is 5.26 Å². The lowest BCUT2D eigenvalue weighted by Crippen LogP contribution is -2.30. The van der Waals surface area contributed by atoms with Gasteiger partial charge in [-0.25, -0.2) is 0 Å². The Morgan fingerprint density at radius 3 is 2.65 bits per heavy atom. The fraction of sp³-hybridized carbons (Fsp3) is 0.200. The third-order valence-electron chi connectivity index (χ3n) is 5.10. The molecule has 3 aromatic rings. The number of aromatic nitrogens is 1. The number of ether oxygens (including phenoxy) is 1. The zero-order valence-electron chi connectivity index (χ0n) is 14.5. The first-order valence-corrected chi connectivity index (χ1v) is 8.10. The molecule has 6 nitrogen and oxygen atoms in total. The number of aromatic amines is 1. The highest BCUT2D eigenvalue weighted by Gasteiger charge is 2.42. The molecule has 0 spiro atoms. The summed E-state index contributed by atoms with van der Waals surface area (Å²) >= 11 is 0. The minimum Gasteiger partial charge on any atom is -0.494 e. The SMILES string of the molecule is COc1ccc2c(c1N=O)C(C)(C)c1[nH]c3cc(C#N)ccc3c1C2=O. The predicted molar refractivity (Wildman–Crippen MR) is 97.0 cm³/mol.